The summed E-state index contributed by atoms with van der Waals surface area (Å²) in [7, 11) is 7.14. The standard InChI is InChI=1S/C21H20N6O2.C19H15N5O3.C2H7N.CH4/c1-25(2)20(28)13-6-7-14-11-26(21(29)16(14)10-13)18-5-3-4-17(23-18)19-24-22-12-27(19)15-8-9-15;25-18-14-8-11(19(26)27)4-5-12(14)9-23(18)16-3-1-2-15(21-16)17-22-20-10-24(17)13-6-7-13;1-3-2;/h3-7,10,12,15H,8-9,11H2,1-2H3;1-5,8,10,13H,6-7,9H2,(H,26,27);3H,1-2H3;1H4. The zero-order valence-corrected chi connectivity index (χ0v) is 33.0. The van der Waals surface area contributed by atoms with Crippen LogP contribution in [0.15, 0.2) is 85.5 Å². The topological polar surface area (TPSA) is 197 Å². The number of benzene rings is 2. The molecule has 3 amide bonds. The minimum atomic E-state index is -1.05. The van der Waals surface area contributed by atoms with Gasteiger partial charge >= 0.3 is 5.97 Å². The number of carboxylic acid groups (broad SMARTS) is 1. The quantitative estimate of drug-likeness (QED) is 0.195. The van der Waals surface area contributed by atoms with Crippen LogP contribution < -0.4 is 15.1 Å². The van der Waals surface area contributed by atoms with Crippen molar-refractivity contribution >= 4 is 35.3 Å². The predicted molar refractivity (Wildman–Crippen MR) is 224 cm³/mol. The summed E-state index contributed by atoms with van der Waals surface area (Å²) in [6.45, 7) is 0.788. The fourth-order valence-electron chi connectivity index (χ4n) is 6.98. The molecule has 60 heavy (non-hydrogen) atoms. The van der Waals surface area contributed by atoms with E-state index < -0.39 is 5.97 Å². The number of carbonyl (C=O) groups excluding carboxylic acids is 3. The van der Waals surface area contributed by atoms with E-state index in [0.29, 0.717) is 70.7 Å². The van der Waals surface area contributed by atoms with Crippen LogP contribution in [0.5, 0.6) is 0 Å². The Morgan fingerprint density at radius 3 is 1.53 bits per heavy atom. The number of rotatable bonds is 8. The van der Waals surface area contributed by atoms with Gasteiger partial charge in [-0.3, -0.25) is 24.2 Å². The molecule has 2 saturated carbocycles. The SMILES string of the molecule is C.CN(C)C(=O)c1ccc2c(c1)C(=O)N(c1cccc(-c3nncn3C3CC3)n1)C2.CNC.O=C(O)c1ccc2c(c1)C(=O)N(c1cccc(-c3nncn3C3CC3)n1)C2. The molecule has 17 nitrogen and oxygen atoms in total. The van der Waals surface area contributed by atoms with Crippen molar-refractivity contribution in [3.05, 3.63) is 119 Å². The van der Waals surface area contributed by atoms with E-state index in [4.69, 9.17) is 10.1 Å². The van der Waals surface area contributed by atoms with E-state index >= 15 is 0 Å². The summed E-state index contributed by atoms with van der Waals surface area (Å²) < 4.78 is 4.07. The molecule has 17 heteroatoms. The summed E-state index contributed by atoms with van der Waals surface area (Å²) >= 11 is 0. The van der Waals surface area contributed by atoms with Crippen LogP contribution in [0, 0.1) is 0 Å². The lowest BCUT2D eigenvalue weighted by Gasteiger charge is -2.15. The molecular weight excluding hydrogens is 765 g/mol. The molecule has 2 aliphatic carbocycles. The number of nitrogens with zero attached hydrogens (tertiary/aromatic N) is 11. The van der Waals surface area contributed by atoms with Gasteiger partial charge in [-0.15, -0.1) is 20.4 Å². The zero-order valence-electron chi connectivity index (χ0n) is 33.0. The Balaban J connectivity index is 0.000000168. The Bertz CT molecular complexity index is 2590. The van der Waals surface area contributed by atoms with Crippen LogP contribution in [0.2, 0.25) is 0 Å². The molecular formula is C43H46N12O5. The first-order valence-corrected chi connectivity index (χ1v) is 19.2. The van der Waals surface area contributed by atoms with Crippen molar-refractivity contribution in [3.8, 4) is 23.0 Å². The Morgan fingerprint density at radius 2 is 1.12 bits per heavy atom. The lowest BCUT2D eigenvalue weighted by molar-refractivity contribution is 0.0696. The third-order valence-corrected chi connectivity index (χ3v) is 10.2. The van der Waals surface area contributed by atoms with E-state index in [1.807, 2.05) is 59.6 Å². The number of fused-ring (bicyclic) bond motifs is 2. The second kappa shape index (κ2) is 17.0. The van der Waals surface area contributed by atoms with Gasteiger partial charge in [-0.25, -0.2) is 14.8 Å². The number of aromatic nitrogens is 8. The molecule has 0 spiro atoms. The summed E-state index contributed by atoms with van der Waals surface area (Å²) in [5, 5.41) is 28.3. The molecule has 4 aromatic heterocycles. The maximum atomic E-state index is 13.1. The summed E-state index contributed by atoms with van der Waals surface area (Å²) in [6, 6.07) is 21.8. The van der Waals surface area contributed by atoms with Gasteiger partial charge in [0.15, 0.2) is 11.6 Å². The normalized spacial score (nSPS) is 14.9. The van der Waals surface area contributed by atoms with E-state index in [2.05, 4.69) is 30.7 Å². The molecule has 6 aromatic rings. The molecule has 6 heterocycles. The maximum absolute atomic E-state index is 13.1. The van der Waals surface area contributed by atoms with Gasteiger partial charge in [-0.2, -0.15) is 0 Å². The van der Waals surface area contributed by atoms with E-state index in [9.17, 15) is 19.2 Å². The van der Waals surface area contributed by atoms with Gasteiger partial charge in [0.25, 0.3) is 17.7 Å². The van der Waals surface area contributed by atoms with Gasteiger partial charge in [0.05, 0.1) is 18.7 Å². The van der Waals surface area contributed by atoms with Crippen LogP contribution in [0.1, 0.15) is 97.8 Å². The number of nitrogens with one attached hydrogen (secondary N) is 1. The van der Waals surface area contributed by atoms with Crippen LogP contribution >= 0.6 is 0 Å². The van der Waals surface area contributed by atoms with Crippen molar-refractivity contribution in [2.24, 2.45) is 0 Å². The summed E-state index contributed by atoms with van der Waals surface area (Å²) in [4.78, 5) is 63.3. The van der Waals surface area contributed by atoms with E-state index in [1.54, 1.807) is 60.8 Å². The van der Waals surface area contributed by atoms with Crippen LogP contribution in [0.4, 0.5) is 11.6 Å². The number of hydrogen-bond donors (Lipinski definition) is 2. The summed E-state index contributed by atoms with van der Waals surface area (Å²) in [5.74, 6) is 0.907. The second-order valence-corrected chi connectivity index (χ2v) is 14.9. The average Bonchev–Trinajstić information content (AvgIpc) is 4.10. The fraction of sp³-hybridized carbons (Fsp3) is 0.302. The van der Waals surface area contributed by atoms with E-state index in [0.717, 1.165) is 42.6 Å². The lowest BCUT2D eigenvalue weighted by atomic mass is 10.1. The van der Waals surface area contributed by atoms with Crippen LogP contribution in [0.3, 0.4) is 0 Å². The molecule has 0 bridgehead atoms. The minimum Gasteiger partial charge on any atom is -0.478 e. The van der Waals surface area contributed by atoms with Gasteiger partial charge < -0.3 is 24.5 Å². The average molecular weight is 811 g/mol. The molecule has 10 rings (SSSR count). The monoisotopic (exact) mass is 810 g/mol. The Hall–Kier alpha value is -7.14. The fourth-order valence-corrected chi connectivity index (χ4v) is 6.98. The van der Waals surface area contributed by atoms with Crippen molar-refractivity contribution in [1.29, 1.82) is 0 Å². The van der Waals surface area contributed by atoms with Gasteiger partial charge in [0, 0.05) is 42.9 Å². The maximum Gasteiger partial charge on any atom is 0.335 e. The molecule has 0 saturated heterocycles. The second-order valence-electron chi connectivity index (χ2n) is 14.9. The molecule has 4 aliphatic rings. The highest BCUT2D eigenvalue weighted by atomic mass is 16.4. The molecule has 308 valence electrons. The van der Waals surface area contributed by atoms with Gasteiger partial charge in [0.1, 0.15) is 35.7 Å². The lowest BCUT2D eigenvalue weighted by Crippen LogP contribution is -2.24. The highest BCUT2D eigenvalue weighted by Gasteiger charge is 2.33. The smallest absolute Gasteiger partial charge is 0.335 e. The van der Waals surface area contributed by atoms with E-state index in [1.165, 1.54) is 17.0 Å². The number of pyridine rings is 2. The van der Waals surface area contributed by atoms with E-state index in [-0.39, 0.29) is 30.7 Å². The van der Waals surface area contributed by atoms with Crippen molar-refractivity contribution in [2.45, 2.75) is 58.3 Å². The molecule has 2 fully saturated rings. The number of hydrogen-bond acceptors (Lipinski definition) is 11. The number of amides is 3. The Kier molecular flexibility index (Phi) is 11.6. The Morgan fingerprint density at radius 1 is 0.683 bits per heavy atom. The number of carbonyl (C=O) groups is 4. The molecule has 2 N–H and O–H groups in total. The first-order chi connectivity index (χ1) is 28.6. The van der Waals surface area contributed by atoms with Crippen LogP contribution in [-0.4, -0.2) is 101 Å². The highest BCUT2D eigenvalue weighted by molar-refractivity contribution is 6.11. The van der Waals surface area contributed by atoms with Gasteiger partial charge in [-0.1, -0.05) is 31.7 Å². The minimum absolute atomic E-state index is 0. The molecule has 0 atom stereocenters. The number of aromatic carboxylic acids is 1. The number of anilines is 2. The molecule has 0 unspecified atom stereocenters. The van der Waals surface area contributed by atoms with Crippen molar-refractivity contribution in [3.63, 3.8) is 0 Å². The van der Waals surface area contributed by atoms with Crippen LogP contribution in [-0.2, 0) is 13.1 Å². The van der Waals surface area contributed by atoms with Crippen molar-refractivity contribution in [2.75, 3.05) is 38.0 Å². The summed E-state index contributed by atoms with van der Waals surface area (Å²) in [6.07, 6.45) is 7.91. The highest BCUT2D eigenvalue weighted by Crippen LogP contribution is 2.39. The summed E-state index contributed by atoms with van der Waals surface area (Å²) in [5.41, 5.74) is 4.59. The van der Waals surface area contributed by atoms with Gasteiger partial charge in [-0.05, 0) is 99.4 Å². The first kappa shape index (κ1) is 41.0. The molecule has 2 aromatic carbocycles. The third kappa shape index (κ3) is 8.11. The van der Waals surface area contributed by atoms with Crippen LogP contribution in [0.25, 0.3) is 23.0 Å². The zero-order chi connectivity index (χ0) is 41.4. The molecule has 0 radical (unpaired) electrons. The third-order valence-electron chi connectivity index (χ3n) is 10.2. The largest absolute Gasteiger partial charge is 0.478 e. The predicted octanol–water partition coefficient (Wildman–Crippen LogP) is 5.54. The van der Waals surface area contributed by atoms with Crippen molar-refractivity contribution < 1.29 is 24.3 Å². The first-order valence-electron chi connectivity index (χ1n) is 19.2. The van der Waals surface area contributed by atoms with Crippen molar-refractivity contribution in [1.82, 2.24) is 49.7 Å². The molecule has 2 aliphatic heterocycles. The van der Waals surface area contributed by atoms with Gasteiger partial charge in [0.2, 0.25) is 0 Å². The Labute approximate surface area is 346 Å². The number of carboxylic acids is 1.